The van der Waals surface area contributed by atoms with E-state index in [2.05, 4.69) is 10.5 Å². The Hall–Kier alpha value is -2.35. The van der Waals surface area contributed by atoms with Crippen molar-refractivity contribution in [2.45, 2.75) is 56.9 Å². The third-order valence-corrected chi connectivity index (χ3v) is 6.97. The highest BCUT2D eigenvalue weighted by Crippen LogP contribution is 2.33. The Morgan fingerprint density at radius 1 is 1.29 bits per heavy atom. The van der Waals surface area contributed by atoms with E-state index in [0.717, 1.165) is 36.9 Å². The number of sulfone groups is 1. The molecule has 0 atom stereocenters. The first-order valence-corrected chi connectivity index (χ1v) is 11.1. The number of nitrogens with zero attached hydrogens (tertiary/aromatic N) is 1. The summed E-state index contributed by atoms with van der Waals surface area (Å²) in [6.07, 6.45) is 4.06. The van der Waals surface area contributed by atoms with E-state index in [1.807, 2.05) is 13.8 Å². The second-order valence-corrected chi connectivity index (χ2v) is 9.28. The molecule has 0 spiro atoms. The van der Waals surface area contributed by atoms with Crippen molar-refractivity contribution in [1.82, 2.24) is 10.5 Å². The summed E-state index contributed by atoms with van der Waals surface area (Å²) in [6, 6.07) is 5.02. The third-order valence-electron chi connectivity index (χ3n) is 5.24. The van der Waals surface area contributed by atoms with Crippen molar-refractivity contribution in [1.29, 1.82) is 0 Å². The number of aryl methyl sites for hydroxylation is 1. The zero-order valence-electron chi connectivity index (χ0n) is 16.4. The molecule has 1 N–H and O–H groups in total. The Morgan fingerprint density at radius 3 is 2.61 bits per heavy atom. The van der Waals surface area contributed by atoms with E-state index in [0.29, 0.717) is 11.3 Å². The highest BCUT2D eigenvalue weighted by molar-refractivity contribution is 7.91. The maximum Gasteiger partial charge on any atom is 0.221 e. The summed E-state index contributed by atoms with van der Waals surface area (Å²) >= 11 is 0. The van der Waals surface area contributed by atoms with E-state index in [9.17, 15) is 13.2 Å². The summed E-state index contributed by atoms with van der Waals surface area (Å²) < 4.78 is 36.4. The van der Waals surface area contributed by atoms with Gasteiger partial charge in [-0.3, -0.25) is 4.79 Å². The minimum atomic E-state index is -3.72. The molecule has 8 heteroatoms. The minimum Gasteiger partial charge on any atom is -0.495 e. The number of ether oxygens (including phenoxy) is 1. The van der Waals surface area contributed by atoms with E-state index in [-0.39, 0.29) is 34.8 Å². The van der Waals surface area contributed by atoms with E-state index >= 15 is 0 Å². The molecule has 1 aromatic heterocycles. The molecule has 3 rings (SSSR count). The molecule has 0 aliphatic heterocycles. The van der Waals surface area contributed by atoms with Gasteiger partial charge in [0.1, 0.15) is 10.6 Å². The summed E-state index contributed by atoms with van der Waals surface area (Å²) in [4.78, 5) is 12.2. The molecule has 1 aliphatic carbocycles. The molecule has 1 amide bonds. The van der Waals surface area contributed by atoms with Crippen LogP contribution in [-0.2, 0) is 14.6 Å². The van der Waals surface area contributed by atoms with Gasteiger partial charge in [-0.25, -0.2) is 8.42 Å². The molecule has 28 heavy (non-hydrogen) atoms. The van der Waals surface area contributed by atoms with Gasteiger partial charge in [-0.15, -0.1) is 0 Å². The highest BCUT2D eigenvalue weighted by atomic mass is 32.2. The van der Waals surface area contributed by atoms with Gasteiger partial charge in [0.15, 0.2) is 15.6 Å². The number of benzene rings is 1. The number of nitrogens with one attached hydrogen (secondary N) is 1. The molecule has 2 aromatic rings. The van der Waals surface area contributed by atoms with Crippen LogP contribution in [0, 0.1) is 13.8 Å². The van der Waals surface area contributed by atoms with Crippen LogP contribution in [0.2, 0.25) is 0 Å². The van der Waals surface area contributed by atoms with Gasteiger partial charge >= 0.3 is 0 Å². The lowest BCUT2D eigenvalue weighted by Crippen LogP contribution is -2.33. The fourth-order valence-corrected chi connectivity index (χ4v) is 4.89. The van der Waals surface area contributed by atoms with Gasteiger partial charge < -0.3 is 14.6 Å². The smallest absolute Gasteiger partial charge is 0.221 e. The van der Waals surface area contributed by atoms with Crippen LogP contribution in [0.15, 0.2) is 27.6 Å². The van der Waals surface area contributed by atoms with Crippen LogP contribution >= 0.6 is 0 Å². The van der Waals surface area contributed by atoms with Crippen molar-refractivity contribution in [2.75, 3.05) is 12.9 Å². The SMILES string of the molecule is COc1ccc(-c2onc(C)c2C)cc1S(=O)(=O)CCC(=O)NC1CCCC1. The molecule has 1 fully saturated rings. The van der Waals surface area contributed by atoms with Crippen molar-refractivity contribution >= 4 is 15.7 Å². The maximum absolute atomic E-state index is 12.9. The third kappa shape index (κ3) is 4.38. The van der Waals surface area contributed by atoms with Gasteiger partial charge in [-0.1, -0.05) is 18.0 Å². The van der Waals surface area contributed by atoms with Crippen molar-refractivity contribution in [3.63, 3.8) is 0 Å². The standard InChI is InChI=1S/C20H26N2O5S/c1-13-14(2)22-27-20(13)15-8-9-17(26-3)18(12-15)28(24,25)11-10-19(23)21-16-6-4-5-7-16/h8-9,12,16H,4-7,10-11H2,1-3H3,(H,21,23). The minimum absolute atomic E-state index is 0.0506. The lowest BCUT2D eigenvalue weighted by molar-refractivity contribution is -0.121. The Balaban J connectivity index is 1.80. The zero-order chi connectivity index (χ0) is 20.3. The summed E-state index contributed by atoms with van der Waals surface area (Å²) in [6.45, 7) is 3.69. The first-order chi connectivity index (χ1) is 13.3. The molecule has 0 unspecified atom stereocenters. The summed E-state index contributed by atoms with van der Waals surface area (Å²) in [5, 5.41) is 6.85. The lowest BCUT2D eigenvalue weighted by atomic mass is 10.1. The number of carbonyl (C=O) groups excluding carboxylic acids is 1. The first kappa shape index (κ1) is 20.4. The Bertz CT molecular complexity index is 959. The van der Waals surface area contributed by atoms with Crippen LogP contribution in [0.25, 0.3) is 11.3 Å². The predicted molar refractivity (Wildman–Crippen MR) is 105 cm³/mol. The summed E-state index contributed by atoms with van der Waals surface area (Å²) in [7, 11) is -2.29. The number of methoxy groups -OCH3 is 1. The number of hydrogen-bond donors (Lipinski definition) is 1. The summed E-state index contributed by atoms with van der Waals surface area (Å²) in [5.74, 6) is 0.261. The molecule has 7 nitrogen and oxygen atoms in total. The van der Waals surface area contributed by atoms with Crippen LogP contribution in [-0.4, -0.2) is 38.4 Å². The zero-order valence-corrected chi connectivity index (χ0v) is 17.3. The topological polar surface area (TPSA) is 98.5 Å². The van der Waals surface area contributed by atoms with E-state index in [1.165, 1.54) is 13.2 Å². The second kappa shape index (κ2) is 8.34. The number of amides is 1. The van der Waals surface area contributed by atoms with Crippen molar-refractivity contribution in [2.24, 2.45) is 0 Å². The van der Waals surface area contributed by atoms with Gasteiger partial charge in [0.05, 0.1) is 18.6 Å². The van der Waals surface area contributed by atoms with Crippen LogP contribution in [0.5, 0.6) is 5.75 Å². The highest BCUT2D eigenvalue weighted by Gasteiger charge is 2.24. The van der Waals surface area contributed by atoms with Crippen molar-refractivity contribution in [3.8, 4) is 17.1 Å². The van der Waals surface area contributed by atoms with Crippen molar-refractivity contribution in [3.05, 3.63) is 29.5 Å². The quantitative estimate of drug-likeness (QED) is 0.758. The van der Waals surface area contributed by atoms with Crippen molar-refractivity contribution < 1.29 is 22.5 Å². The Kier molecular flexibility index (Phi) is 6.07. The molecule has 1 heterocycles. The fraction of sp³-hybridized carbons (Fsp3) is 0.500. The lowest BCUT2D eigenvalue weighted by Gasteiger charge is -2.13. The molecule has 0 saturated heterocycles. The van der Waals surface area contributed by atoms with E-state index in [1.54, 1.807) is 12.1 Å². The fourth-order valence-electron chi connectivity index (χ4n) is 3.45. The van der Waals surface area contributed by atoms with Crippen LogP contribution in [0.4, 0.5) is 0 Å². The van der Waals surface area contributed by atoms with Gasteiger partial charge in [-0.2, -0.15) is 0 Å². The number of aromatic nitrogens is 1. The second-order valence-electron chi connectivity index (χ2n) is 7.21. The average Bonchev–Trinajstić information content (AvgIpc) is 3.30. The molecule has 0 radical (unpaired) electrons. The molecular weight excluding hydrogens is 380 g/mol. The summed E-state index contributed by atoms with van der Waals surface area (Å²) in [5.41, 5.74) is 2.20. The van der Waals surface area contributed by atoms with Crippen LogP contribution < -0.4 is 10.1 Å². The average molecular weight is 407 g/mol. The Morgan fingerprint density at radius 2 is 2.00 bits per heavy atom. The molecule has 1 saturated carbocycles. The first-order valence-electron chi connectivity index (χ1n) is 9.45. The maximum atomic E-state index is 12.9. The van der Waals surface area contributed by atoms with Gasteiger partial charge in [-0.05, 0) is 44.9 Å². The largest absolute Gasteiger partial charge is 0.495 e. The number of carbonyl (C=O) groups is 1. The molecular formula is C20H26N2O5S. The number of hydrogen-bond acceptors (Lipinski definition) is 6. The van der Waals surface area contributed by atoms with E-state index in [4.69, 9.17) is 9.26 Å². The predicted octanol–water partition coefficient (Wildman–Crippen LogP) is 3.19. The van der Waals surface area contributed by atoms with Gasteiger partial charge in [0, 0.05) is 23.6 Å². The number of rotatable bonds is 7. The van der Waals surface area contributed by atoms with Gasteiger partial charge in [0.25, 0.3) is 0 Å². The molecule has 0 bridgehead atoms. The molecule has 1 aromatic carbocycles. The normalized spacial score (nSPS) is 15.0. The molecule has 1 aliphatic rings. The van der Waals surface area contributed by atoms with Gasteiger partial charge in [0.2, 0.25) is 5.91 Å². The van der Waals surface area contributed by atoms with Crippen LogP contribution in [0.3, 0.4) is 0 Å². The molecule has 152 valence electrons. The van der Waals surface area contributed by atoms with E-state index < -0.39 is 9.84 Å². The van der Waals surface area contributed by atoms with Crippen LogP contribution in [0.1, 0.15) is 43.4 Å². The monoisotopic (exact) mass is 406 g/mol. The Labute approximate surface area is 165 Å².